The van der Waals surface area contributed by atoms with Crippen molar-refractivity contribution >= 4 is 17.7 Å². The lowest BCUT2D eigenvalue weighted by Gasteiger charge is -2.21. The smallest absolute Gasteiger partial charge is 0.222 e. The Morgan fingerprint density at radius 1 is 1.25 bits per heavy atom. The van der Waals surface area contributed by atoms with Crippen LogP contribution in [-0.4, -0.2) is 29.6 Å². The first-order chi connectivity index (χ1) is 9.66. The van der Waals surface area contributed by atoms with Crippen LogP contribution in [0.1, 0.15) is 33.1 Å². The normalized spacial score (nSPS) is 20.2. The van der Waals surface area contributed by atoms with Crippen LogP contribution in [0.25, 0.3) is 0 Å². The van der Waals surface area contributed by atoms with E-state index in [1.165, 1.54) is 11.3 Å². The highest BCUT2D eigenvalue weighted by Crippen LogP contribution is 2.25. The zero-order valence-corrected chi connectivity index (χ0v) is 13.4. The van der Waals surface area contributed by atoms with Crippen molar-refractivity contribution in [2.24, 2.45) is 11.8 Å². The fourth-order valence-corrected chi connectivity index (χ4v) is 3.65. The van der Waals surface area contributed by atoms with Gasteiger partial charge in [-0.25, -0.2) is 0 Å². The summed E-state index contributed by atoms with van der Waals surface area (Å²) in [5, 5.41) is 0. The predicted octanol–water partition coefficient (Wildman–Crippen LogP) is 4.06. The molecule has 1 heterocycles. The van der Waals surface area contributed by atoms with E-state index >= 15 is 0 Å². The van der Waals surface area contributed by atoms with Crippen LogP contribution < -0.4 is 0 Å². The molecule has 0 bridgehead atoms. The Morgan fingerprint density at radius 3 is 2.70 bits per heavy atom. The Balaban J connectivity index is 1.78. The highest BCUT2D eigenvalue weighted by atomic mass is 32.2. The Morgan fingerprint density at radius 2 is 2.00 bits per heavy atom. The second kappa shape index (κ2) is 7.72. The highest BCUT2D eigenvalue weighted by Gasteiger charge is 2.23. The molecule has 1 atom stereocenters. The lowest BCUT2D eigenvalue weighted by molar-refractivity contribution is -0.130. The highest BCUT2D eigenvalue weighted by molar-refractivity contribution is 7.99. The minimum absolute atomic E-state index is 0.349. The molecule has 2 nitrogen and oxygen atoms in total. The van der Waals surface area contributed by atoms with E-state index in [2.05, 4.69) is 43.0 Å². The van der Waals surface area contributed by atoms with Crippen molar-refractivity contribution in [3.05, 3.63) is 30.3 Å². The fourth-order valence-electron chi connectivity index (χ4n) is 2.75. The average Bonchev–Trinajstić information content (AvgIpc) is 2.63. The maximum Gasteiger partial charge on any atom is 0.222 e. The van der Waals surface area contributed by atoms with E-state index in [-0.39, 0.29) is 0 Å². The van der Waals surface area contributed by atoms with Crippen molar-refractivity contribution in [1.29, 1.82) is 0 Å². The number of hydrogen-bond acceptors (Lipinski definition) is 2. The summed E-state index contributed by atoms with van der Waals surface area (Å²) >= 11 is 1.84. The van der Waals surface area contributed by atoms with Gasteiger partial charge >= 0.3 is 0 Å². The molecule has 1 amide bonds. The maximum absolute atomic E-state index is 12.1. The van der Waals surface area contributed by atoms with E-state index in [9.17, 15) is 4.79 Å². The van der Waals surface area contributed by atoms with Crippen LogP contribution >= 0.6 is 11.8 Å². The van der Waals surface area contributed by atoms with Crippen LogP contribution in [-0.2, 0) is 4.79 Å². The summed E-state index contributed by atoms with van der Waals surface area (Å²) in [6, 6.07) is 10.4. The number of carbonyl (C=O) groups is 1. The van der Waals surface area contributed by atoms with Crippen LogP contribution in [0, 0.1) is 11.8 Å². The van der Waals surface area contributed by atoms with Gasteiger partial charge in [-0.15, -0.1) is 11.8 Å². The SMILES string of the molecule is CC(C)C1CCC(=O)N(CCSc2ccccc2)CC1. The second-order valence-electron chi connectivity index (χ2n) is 5.87. The van der Waals surface area contributed by atoms with Crippen LogP contribution in [0.2, 0.25) is 0 Å². The molecule has 0 aliphatic carbocycles. The topological polar surface area (TPSA) is 20.3 Å². The number of thioether (sulfide) groups is 1. The fraction of sp³-hybridized carbons (Fsp3) is 0.588. The first-order valence-electron chi connectivity index (χ1n) is 7.62. The van der Waals surface area contributed by atoms with E-state index in [0.717, 1.165) is 31.7 Å². The van der Waals surface area contributed by atoms with E-state index in [1.54, 1.807) is 0 Å². The number of carbonyl (C=O) groups excluding carboxylic acids is 1. The van der Waals surface area contributed by atoms with Gasteiger partial charge in [0.25, 0.3) is 0 Å². The molecule has 1 saturated heterocycles. The summed E-state index contributed by atoms with van der Waals surface area (Å²) in [6.45, 7) is 6.37. The van der Waals surface area contributed by atoms with E-state index < -0.39 is 0 Å². The molecule has 0 aromatic heterocycles. The summed E-state index contributed by atoms with van der Waals surface area (Å²) in [5.41, 5.74) is 0. The standard InChI is InChI=1S/C17H25NOS/c1-14(2)15-8-9-17(19)18(11-10-15)12-13-20-16-6-4-3-5-7-16/h3-7,14-15H,8-13H2,1-2H3. The molecular formula is C17H25NOS. The lowest BCUT2D eigenvalue weighted by atomic mass is 9.89. The van der Waals surface area contributed by atoms with Gasteiger partial charge < -0.3 is 4.90 Å². The van der Waals surface area contributed by atoms with Gasteiger partial charge in [0.15, 0.2) is 0 Å². The summed E-state index contributed by atoms with van der Waals surface area (Å²) in [5.74, 6) is 2.75. The van der Waals surface area contributed by atoms with Crippen LogP contribution in [0.5, 0.6) is 0 Å². The van der Waals surface area contributed by atoms with Gasteiger partial charge in [0, 0.05) is 30.2 Å². The third kappa shape index (κ3) is 4.55. The van der Waals surface area contributed by atoms with Gasteiger partial charge in [-0.3, -0.25) is 4.79 Å². The lowest BCUT2D eigenvalue weighted by Crippen LogP contribution is -2.32. The summed E-state index contributed by atoms with van der Waals surface area (Å²) in [4.78, 5) is 15.5. The quantitative estimate of drug-likeness (QED) is 0.762. The third-order valence-corrected chi connectivity index (χ3v) is 5.16. The number of nitrogens with zero attached hydrogens (tertiary/aromatic N) is 1. The summed E-state index contributed by atoms with van der Waals surface area (Å²) in [6.07, 6.45) is 2.97. The van der Waals surface area contributed by atoms with Crippen molar-refractivity contribution < 1.29 is 4.79 Å². The molecule has 0 N–H and O–H groups in total. The van der Waals surface area contributed by atoms with Crippen LogP contribution in [0.15, 0.2) is 35.2 Å². The molecule has 20 heavy (non-hydrogen) atoms. The average molecular weight is 291 g/mol. The van der Waals surface area contributed by atoms with Crippen molar-refractivity contribution in [3.8, 4) is 0 Å². The van der Waals surface area contributed by atoms with E-state index in [1.807, 2.05) is 17.8 Å². The van der Waals surface area contributed by atoms with Gasteiger partial charge in [-0.1, -0.05) is 32.0 Å². The molecule has 2 rings (SSSR count). The number of likely N-dealkylation sites (tertiary alicyclic amines) is 1. The molecule has 1 aliphatic heterocycles. The minimum atomic E-state index is 0.349. The van der Waals surface area contributed by atoms with E-state index in [4.69, 9.17) is 0 Å². The molecule has 0 saturated carbocycles. The van der Waals surface area contributed by atoms with Crippen molar-refractivity contribution in [2.45, 2.75) is 38.0 Å². The molecule has 1 aromatic rings. The Bertz CT molecular complexity index is 418. The van der Waals surface area contributed by atoms with Gasteiger partial charge in [-0.05, 0) is 36.8 Å². The number of rotatable bonds is 5. The molecule has 1 aromatic carbocycles. The van der Waals surface area contributed by atoms with Crippen LogP contribution in [0.4, 0.5) is 0 Å². The molecular weight excluding hydrogens is 266 g/mol. The maximum atomic E-state index is 12.1. The number of benzene rings is 1. The van der Waals surface area contributed by atoms with Gasteiger partial charge in [0.05, 0.1) is 0 Å². The monoisotopic (exact) mass is 291 g/mol. The van der Waals surface area contributed by atoms with E-state index in [0.29, 0.717) is 17.7 Å². The third-order valence-electron chi connectivity index (χ3n) is 4.17. The molecule has 0 radical (unpaired) electrons. The minimum Gasteiger partial charge on any atom is -0.342 e. The largest absolute Gasteiger partial charge is 0.342 e. The molecule has 1 aliphatic rings. The molecule has 110 valence electrons. The predicted molar refractivity (Wildman–Crippen MR) is 85.9 cm³/mol. The molecule has 1 fully saturated rings. The van der Waals surface area contributed by atoms with Crippen molar-refractivity contribution in [1.82, 2.24) is 4.90 Å². The zero-order valence-electron chi connectivity index (χ0n) is 12.5. The van der Waals surface area contributed by atoms with Crippen LogP contribution in [0.3, 0.4) is 0 Å². The Hall–Kier alpha value is -0.960. The Labute approximate surface area is 126 Å². The van der Waals surface area contributed by atoms with Gasteiger partial charge in [0.2, 0.25) is 5.91 Å². The molecule has 1 unspecified atom stereocenters. The Kier molecular flexibility index (Phi) is 5.96. The molecule has 0 spiro atoms. The number of hydrogen-bond donors (Lipinski definition) is 0. The van der Waals surface area contributed by atoms with Gasteiger partial charge in [0.1, 0.15) is 0 Å². The summed E-state index contributed by atoms with van der Waals surface area (Å²) < 4.78 is 0. The first-order valence-corrected chi connectivity index (χ1v) is 8.61. The zero-order chi connectivity index (χ0) is 14.4. The van der Waals surface area contributed by atoms with Crippen molar-refractivity contribution in [2.75, 3.05) is 18.8 Å². The summed E-state index contributed by atoms with van der Waals surface area (Å²) in [7, 11) is 0. The van der Waals surface area contributed by atoms with Crippen molar-refractivity contribution in [3.63, 3.8) is 0 Å². The van der Waals surface area contributed by atoms with Gasteiger partial charge in [-0.2, -0.15) is 0 Å². The molecule has 3 heteroatoms. The number of amides is 1. The first kappa shape index (κ1) is 15.4. The second-order valence-corrected chi connectivity index (χ2v) is 7.04.